The molecule has 0 fully saturated rings. The van der Waals surface area contributed by atoms with Gasteiger partial charge in [-0.3, -0.25) is 24.3 Å². The minimum Gasteiger partial charge on any atom is -0.462 e. The quantitative estimate of drug-likeness (QED) is 0.476. The molecule has 0 aliphatic rings. The lowest BCUT2D eigenvalue weighted by Crippen LogP contribution is -2.27. The van der Waals surface area contributed by atoms with Crippen LogP contribution in [0.2, 0.25) is 0 Å². The van der Waals surface area contributed by atoms with Crippen LogP contribution in [-0.2, 0) is 16.1 Å². The summed E-state index contributed by atoms with van der Waals surface area (Å²) >= 11 is 3.04. The zero-order chi connectivity index (χ0) is 13.9. The molecule has 1 heterocycles. The van der Waals surface area contributed by atoms with Gasteiger partial charge in [-0.1, -0.05) is 0 Å². The lowest BCUT2D eigenvalue weighted by Gasteiger charge is -2.09. The van der Waals surface area contributed by atoms with Gasteiger partial charge in [-0.15, -0.1) is 0 Å². The SMILES string of the molecule is CC(C)OC(=O)Cn1cc(Br)cc([N+](=O)[O-])c1=O. The lowest BCUT2D eigenvalue weighted by molar-refractivity contribution is -0.386. The van der Waals surface area contributed by atoms with Gasteiger partial charge in [0.1, 0.15) is 6.54 Å². The van der Waals surface area contributed by atoms with Crippen molar-refractivity contribution in [2.45, 2.75) is 26.5 Å². The number of nitrogens with zero attached hydrogens (tertiary/aromatic N) is 2. The standard InChI is InChI=1S/C10H11BrN2O5/c1-6(2)18-9(14)5-12-4-7(11)3-8(10(12)15)13(16)17/h3-4,6H,5H2,1-2H3. The van der Waals surface area contributed by atoms with Gasteiger partial charge in [-0.05, 0) is 29.8 Å². The zero-order valence-electron chi connectivity index (χ0n) is 9.75. The van der Waals surface area contributed by atoms with E-state index in [0.717, 1.165) is 10.6 Å². The number of ether oxygens (including phenoxy) is 1. The first-order valence-electron chi connectivity index (χ1n) is 5.05. The molecule has 1 aromatic rings. The molecule has 0 atom stereocenters. The summed E-state index contributed by atoms with van der Waals surface area (Å²) in [6.07, 6.45) is 0.993. The topological polar surface area (TPSA) is 91.4 Å². The second-order valence-corrected chi connectivity index (χ2v) is 4.69. The van der Waals surface area contributed by atoms with Crippen LogP contribution in [0.15, 0.2) is 21.5 Å². The Balaban J connectivity index is 3.07. The van der Waals surface area contributed by atoms with E-state index in [1.165, 1.54) is 6.20 Å². The predicted octanol–water partition coefficient (Wildman–Crippen LogP) is 1.47. The van der Waals surface area contributed by atoms with Gasteiger partial charge in [0.2, 0.25) is 0 Å². The summed E-state index contributed by atoms with van der Waals surface area (Å²) in [4.78, 5) is 32.9. The van der Waals surface area contributed by atoms with E-state index in [2.05, 4.69) is 15.9 Å². The van der Waals surface area contributed by atoms with Crippen LogP contribution >= 0.6 is 15.9 Å². The summed E-state index contributed by atoms with van der Waals surface area (Å²) < 4.78 is 6.14. The molecule has 0 aromatic carbocycles. The number of aromatic nitrogens is 1. The van der Waals surface area contributed by atoms with Gasteiger partial charge in [-0.2, -0.15) is 0 Å². The fourth-order valence-corrected chi connectivity index (χ4v) is 1.74. The van der Waals surface area contributed by atoms with E-state index in [-0.39, 0.29) is 12.6 Å². The Morgan fingerprint density at radius 3 is 2.72 bits per heavy atom. The number of hydrogen-bond acceptors (Lipinski definition) is 5. The van der Waals surface area contributed by atoms with Crippen molar-refractivity contribution in [3.63, 3.8) is 0 Å². The van der Waals surface area contributed by atoms with Gasteiger partial charge < -0.3 is 4.74 Å². The third kappa shape index (κ3) is 3.66. The zero-order valence-corrected chi connectivity index (χ0v) is 11.3. The Bertz CT molecular complexity index is 538. The largest absolute Gasteiger partial charge is 0.462 e. The minimum atomic E-state index is -0.844. The highest BCUT2D eigenvalue weighted by Gasteiger charge is 2.18. The fourth-order valence-electron chi connectivity index (χ4n) is 1.27. The molecule has 0 aliphatic heterocycles. The van der Waals surface area contributed by atoms with Crippen LogP contribution in [0.5, 0.6) is 0 Å². The van der Waals surface area contributed by atoms with E-state index in [4.69, 9.17) is 4.74 Å². The van der Waals surface area contributed by atoms with Gasteiger partial charge in [0.25, 0.3) is 0 Å². The van der Waals surface area contributed by atoms with Crippen molar-refractivity contribution in [3.05, 3.63) is 37.2 Å². The van der Waals surface area contributed by atoms with Crippen LogP contribution in [0, 0.1) is 10.1 Å². The third-order valence-corrected chi connectivity index (χ3v) is 2.33. The Morgan fingerprint density at radius 2 is 2.22 bits per heavy atom. The van der Waals surface area contributed by atoms with Gasteiger partial charge in [-0.25, -0.2) is 0 Å². The van der Waals surface area contributed by atoms with Crippen LogP contribution in [0.4, 0.5) is 5.69 Å². The molecule has 0 saturated heterocycles. The van der Waals surface area contributed by atoms with Crippen molar-refractivity contribution < 1.29 is 14.5 Å². The van der Waals surface area contributed by atoms with Crippen LogP contribution in [0.1, 0.15) is 13.8 Å². The van der Waals surface area contributed by atoms with Crippen LogP contribution in [0.25, 0.3) is 0 Å². The van der Waals surface area contributed by atoms with E-state index in [9.17, 15) is 19.7 Å². The molecular weight excluding hydrogens is 308 g/mol. The van der Waals surface area contributed by atoms with Gasteiger partial charge in [0.05, 0.1) is 11.0 Å². The van der Waals surface area contributed by atoms with E-state index in [1.807, 2.05) is 0 Å². The van der Waals surface area contributed by atoms with Gasteiger partial charge in [0, 0.05) is 16.7 Å². The Morgan fingerprint density at radius 1 is 1.61 bits per heavy atom. The average Bonchev–Trinajstić information content (AvgIpc) is 2.21. The van der Waals surface area contributed by atoms with Crippen molar-refractivity contribution in [3.8, 4) is 0 Å². The molecule has 0 aliphatic carbocycles. The summed E-state index contributed by atoms with van der Waals surface area (Å²) in [6, 6.07) is 1.09. The fraction of sp³-hybridized carbons (Fsp3) is 0.400. The normalized spacial score (nSPS) is 10.4. The molecular formula is C10H11BrN2O5. The maximum Gasteiger partial charge on any atom is 0.335 e. The summed E-state index contributed by atoms with van der Waals surface area (Å²) in [5.41, 5.74) is -1.44. The summed E-state index contributed by atoms with van der Waals surface area (Å²) in [5.74, 6) is -0.625. The first kappa shape index (κ1) is 14.4. The number of rotatable bonds is 4. The van der Waals surface area contributed by atoms with Crippen molar-refractivity contribution in [2.75, 3.05) is 0 Å². The number of halogens is 1. The molecule has 0 radical (unpaired) electrons. The number of carbonyl (C=O) groups excluding carboxylic acids is 1. The van der Waals surface area contributed by atoms with Gasteiger partial charge >= 0.3 is 17.2 Å². The summed E-state index contributed by atoms with van der Waals surface area (Å²) in [5, 5.41) is 10.6. The number of nitro groups is 1. The minimum absolute atomic E-state index is 0.310. The highest BCUT2D eigenvalue weighted by molar-refractivity contribution is 9.10. The molecule has 0 amide bonds. The molecule has 0 unspecified atom stereocenters. The van der Waals surface area contributed by atoms with Crippen molar-refractivity contribution in [1.82, 2.24) is 4.57 Å². The predicted molar refractivity (Wildman–Crippen MR) is 66.3 cm³/mol. The molecule has 0 bridgehead atoms. The van der Waals surface area contributed by atoms with Crippen LogP contribution < -0.4 is 5.56 Å². The number of carbonyl (C=O) groups is 1. The van der Waals surface area contributed by atoms with E-state index >= 15 is 0 Å². The Kier molecular flexibility index (Phi) is 4.60. The van der Waals surface area contributed by atoms with E-state index < -0.39 is 22.1 Å². The lowest BCUT2D eigenvalue weighted by atomic mass is 10.4. The van der Waals surface area contributed by atoms with E-state index in [1.54, 1.807) is 13.8 Å². The monoisotopic (exact) mass is 318 g/mol. The maximum absolute atomic E-state index is 11.7. The molecule has 7 nitrogen and oxygen atoms in total. The summed E-state index contributed by atoms with van der Waals surface area (Å²) in [7, 11) is 0. The van der Waals surface area contributed by atoms with Crippen LogP contribution in [-0.4, -0.2) is 21.6 Å². The second-order valence-electron chi connectivity index (χ2n) is 3.77. The number of pyridine rings is 1. The van der Waals surface area contributed by atoms with Crippen LogP contribution in [0.3, 0.4) is 0 Å². The first-order valence-corrected chi connectivity index (χ1v) is 5.84. The van der Waals surface area contributed by atoms with Gasteiger partial charge in [0.15, 0.2) is 0 Å². The molecule has 18 heavy (non-hydrogen) atoms. The molecule has 0 N–H and O–H groups in total. The molecule has 0 spiro atoms. The van der Waals surface area contributed by atoms with Crippen molar-refractivity contribution >= 4 is 27.6 Å². The third-order valence-electron chi connectivity index (χ3n) is 1.90. The van der Waals surface area contributed by atoms with Crippen molar-refractivity contribution in [1.29, 1.82) is 0 Å². The number of hydrogen-bond donors (Lipinski definition) is 0. The van der Waals surface area contributed by atoms with E-state index in [0.29, 0.717) is 4.47 Å². The molecule has 1 aromatic heterocycles. The molecule has 1 rings (SSSR count). The average molecular weight is 319 g/mol. The smallest absolute Gasteiger partial charge is 0.335 e. The maximum atomic E-state index is 11.7. The Hall–Kier alpha value is -1.70. The number of esters is 1. The molecule has 98 valence electrons. The highest BCUT2D eigenvalue weighted by atomic mass is 79.9. The second kappa shape index (κ2) is 5.76. The highest BCUT2D eigenvalue weighted by Crippen LogP contribution is 2.13. The molecule has 0 saturated carbocycles. The summed E-state index contributed by atoms with van der Waals surface area (Å²) in [6.45, 7) is 2.98. The Labute approximate surface area is 111 Å². The van der Waals surface area contributed by atoms with Crippen molar-refractivity contribution in [2.24, 2.45) is 0 Å². The first-order chi connectivity index (χ1) is 8.31. The molecule has 8 heteroatoms.